The smallest absolute Gasteiger partial charge is 0.264 e. The summed E-state index contributed by atoms with van der Waals surface area (Å²) in [5, 5.41) is 0.517. The Morgan fingerprint density at radius 2 is 1.88 bits per heavy atom. The molecule has 0 atom stereocenters. The highest BCUT2D eigenvalue weighted by Crippen LogP contribution is 2.28. The van der Waals surface area contributed by atoms with Crippen molar-refractivity contribution < 1.29 is 13.2 Å². The van der Waals surface area contributed by atoms with E-state index in [-0.39, 0.29) is 11.4 Å². The molecule has 24 heavy (non-hydrogen) atoms. The molecule has 0 bridgehead atoms. The summed E-state index contributed by atoms with van der Waals surface area (Å²) in [6, 6.07) is 11.5. The van der Waals surface area contributed by atoms with Gasteiger partial charge in [0.2, 0.25) is 0 Å². The molecule has 0 fully saturated rings. The third kappa shape index (κ3) is 3.91. The molecule has 0 heterocycles. The van der Waals surface area contributed by atoms with E-state index in [9.17, 15) is 8.42 Å². The van der Waals surface area contributed by atoms with Gasteiger partial charge in [0.25, 0.3) is 10.0 Å². The summed E-state index contributed by atoms with van der Waals surface area (Å²) in [5.74, 6) is 0.630. The predicted octanol–water partition coefficient (Wildman–Crippen LogP) is 4.43. The lowest BCUT2D eigenvalue weighted by Gasteiger charge is -2.23. The van der Waals surface area contributed by atoms with Crippen LogP contribution in [0.3, 0.4) is 0 Å². The molecule has 0 aliphatic rings. The van der Waals surface area contributed by atoms with E-state index in [4.69, 9.17) is 16.3 Å². The number of aryl methyl sites for hydroxylation is 1. The van der Waals surface area contributed by atoms with Crippen LogP contribution in [0.2, 0.25) is 5.02 Å². The monoisotopic (exact) mass is 365 g/mol. The molecule has 128 valence electrons. The van der Waals surface area contributed by atoms with Crippen LogP contribution in [0.15, 0.2) is 60.0 Å². The summed E-state index contributed by atoms with van der Waals surface area (Å²) >= 11 is 6.15. The highest BCUT2D eigenvalue weighted by atomic mass is 35.5. The molecule has 4 nitrogen and oxygen atoms in total. The fourth-order valence-electron chi connectivity index (χ4n) is 2.20. The lowest BCUT2D eigenvalue weighted by Crippen LogP contribution is -2.31. The molecule has 0 aromatic heterocycles. The van der Waals surface area contributed by atoms with Gasteiger partial charge in [0.15, 0.2) is 0 Å². The first-order chi connectivity index (χ1) is 11.4. The van der Waals surface area contributed by atoms with Crippen LogP contribution in [-0.4, -0.2) is 21.6 Å². The average molecular weight is 366 g/mol. The van der Waals surface area contributed by atoms with E-state index < -0.39 is 10.0 Å². The second kappa shape index (κ2) is 7.73. The van der Waals surface area contributed by atoms with Crippen LogP contribution in [0, 0.1) is 6.92 Å². The van der Waals surface area contributed by atoms with E-state index >= 15 is 0 Å². The lowest BCUT2D eigenvalue weighted by atomic mass is 10.2. The molecular formula is C18H20ClNO3S. The Balaban J connectivity index is 2.44. The predicted molar refractivity (Wildman–Crippen MR) is 98.5 cm³/mol. The van der Waals surface area contributed by atoms with E-state index in [1.54, 1.807) is 36.4 Å². The van der Waals surface area contributed by atoms with Crippen LogP contribution in [-0.2, 0) is 10.0 Å². The summed E-state index contributed by atoms with van der Waals surface area (Å²) in [4.78, 5) is 0.185. The van der Waals surface area contributed by atoms with E-state index in [0.717, 1.165) is 5.56 Å². The first-order valence-electron chi connectivity index (χ1n) is 7.52. The topological polar surface area (TPSA) is 46.6 Å². The first-order valence-corrected chi connectivity index (χ1v) is 9.34. The number of benzene rings is 2. The Hall–Kier alpha value is -1.98. The standard InChI is InChI=1S/C18H20ClNO3S/c1-4-12-20(15-7-6-14(3)18(19)13-15)24(21,22)17-10-8-16(9-11-17)23-5-2/h4,6-11,13H,1,5,12H2,2-3H3. The van der Waals surface area contributed by atoms with Gasteiger partial charge >= 0.3 is 0 Å². The zero-order valence-corrected chi connectivity index (χ0v) is 15.3. The number of rotatable bonds is 7. The number of anilines is 1. The van der Waals surface area contributed by atoms with Crippen LogP contribution >= 0.6 is 11.6 Å². The van der Waals surface area contributed by atoms with Gasteiger partial charge in [0.1, 0.15) is 5.75 Å². The summed E-state index contributed by atoms with van der Waals surface area (Å²) in [5.41, 5.74) is 1.39. The summed E-state index contributed by atoms with van der Waals surface area (Å²) in [6.07, 6.45) is 1.54. The van der Waals surface area contributed by atoms with Crippen molar-refractivity contribution in [2.75, 3.05) is 17.5 Å². The maximum atomic E-state index is 13.0. The molecule has 6 heteroatoms. The molecule has 0 N–H and O–H groups in total. The van der Waals surface area contributed by atoms with Gasteiger partial charge in [-0.25, -0.2) is 8.42 Å². The zero-order valence-electron chi connectivity index (χ0n) is 13.7. The third-order valence-electron chi connectivity index (χ3n) is 3.46. The minimum absolute atomic E-state index is 0.148. The van der Waals surface area contributed by atoms with Gasteiger partial charge in [-0.2, -0.15) is 0 Å². The molecule has 0 aliphatic heterocycles. The SMILES string of the molecule is C=CCN(c1ccc(C)c(Cl)c1)S(=O)(=O)c1ccc(OCC)cc1. The fraction of sp³-hybridized carbons (Fsp3) is 0.222. The van der Waals surface area contributed by atoms with Gasteiger partial charge in [-0.3, -0.25) is 4.31 Å². The van der Waals surface area contributed by atoms with Gasteiger partial charge in [0.05, 0.1) is 23.7 Å². The van der Waals surface area contributed by atoms with Gasteiger partial charge in [0, 0.05) is 5.02 Å². The normalized spacial score (nSPS) is 11.1. The lowest BCUT2D eigenvalue weighted by molar-refractivity contribution is 0.340. The van der Waals surface area contributed by atoms with E-state index in [1.807, 2.05) is 13.8 Å². The molecule has 0 saturated carbocycles. The summed E-state index contributed by atoms with van der Waals surface area (Å²) in [6.45, 7) is 8.06. The number of nitrogens with zero attached hydrogens (tertiary/aromatic N) is 1. The zero-order chi connectivity index (χ0) is 17.7. The van der Waals surface area contributed by atoms with Crippen molar-refractivity contribution in [3.8, 4) is 5.75 Å². The van der Waals surface area contributed by atoms with Crippen molar-refractivity contribution in [2.45, 2.75) is 18.7 Å². The van der Waals surface area contributed by atoms with Crippen molar-refractivity contribution >= 4 is 27.3 Å². The summed E-state index contributed by atoms with van der Waals surface area (Å²) in [7, 11) is -3.73. The second-order valence-electron chi connectivity index (χ2n) is 5.16. The first kappa shape index (κ1) is 18.4. The molecule has 0 unspecified atom stereocenters. The highest BCUT2D eigenvalue weighted by molar-refractivity contribution is 7.92. The van der Waals surface area contributed by atoms with Crippen LogP contribution in [0.5, 0.6) is 5.75 Å². The molecule has 0 amide bonds. The number of sulfonamides is 1. The van der Waals surface area contributed by atoms with Crippen LogP contribution < -0.4 is 9.04 Å². The highest BCUT2D eigenvalue weighted by Gasteiger charge is 2.24. The minimum atomic E-state index is -3.73. The van der Waals surface area contributed by atoms with Crippen LogP contribution in [0.1, 0.15) is 12.5 Å². The Morgan fingerprint density at radius 3 is 2.42 bits per heavy atom. The number of halogens is 1. The number of hydrogen-bond donors (Lipinski definition) is 0. The Labute approximate surface area is 148 Å². The van der Waals surface area contributed by atoms with Crippen molar-refractivity contribution in [2.24, 2.45) is 0 Å². The Kier molecular flexibility index (Phi) is 5.91. The van der Waals surface area contributed by atoms with Crippen LogP contribution in [0.4, 0.5) is 5.69 Å². The largest absolute Gasteiger partial charge is 0.494 e. The maximum Gasteiger partial charge on any atom is 0.264 e. The molecule has 2 rings (SSSR count). The van der Waals surface area contributed by atoms with Crippen molar-refractivity contribution in [3.63, 3.8) is 0 Å². The number of ether oxygens (including phenoxy) is 1. The summed E-state index contributed by atoms with van der Waals surface area (Å²) < 4.78 is 32.6. The van der Waals surface area contributed by atoms with E-state index in [0.29, 0.717) is 23.1 Å². The minimum Gasteiger partial charge on any atom is -0.494 e. The maximum absolute atomic E-state index is 13.0. The Morgan fingerprint density at radius 1 is 1.21 bits per heavy atom. The molecule has 2 aromatic rings. The van der Waals surface area contributed by atoms with Gasteiger partial charge in [-0.05, 0) is 55.8 Å². The van der Waals surface area contributed by atoms with Gasteiger partial charge in [-0.15, -0.1) is 6.58 Å². The van der Waals surface area contributed by atoms with Crippen molar-refractivity contribution in [3.05, 3.63) is 65.7 Å². The fourth-order valence-corrected chi connectivity index (χ4v) is 3.80. The van der Waals surface area contributed by atoms with E-state index in [1.165, 1.54) is 16.4 Å². The van der Waals surface area contributed by atoms with E-state index in [2.05, 4.69) is 6.58 Å². The second-order valence-corrected chi connectivity index (χ2v) is 7.43. The van der Waals surface area contributed by atoms with Crippen molar-refractivity contribution in [1.29, 1.82) is 0 Å². The van der Waals surface area contributed by atoms with Gasteiger partial charge < -0.3 is 4.74 Å². The molecule has 0 aliphatic carbocycles. The number of hydrogen-bond acceptors (Lipinski definition) is 3. The molecule has 2 aromatic carbocycles. The van der Waals surface area contributed by atoms with Crippen LogP contribution in [0.25, 0.3) is 0 Å². The molecule has 0 radical (unpaired) electrons. The average Bonchev–Trinajstić information content (AvgIpc) is 2.56. The molecular weight excluding hydrogens is 346 g/mol. The molecule has 0 spiro atoms. The Bertz CT molecular complexity index is 817. The van der Waals surface area contributed by atoms with Gasteiger partial charge in [-0.1, -0.05) is 23.7 Å². The van der Waals surface area contributed by atoms with Crippen molar-refractivity contribution in [1.82, 2.24) is 0 Å². The third-order valence-corrected chi connectivity index (χ3v) is 5.68. The quantitative estimate of drug-likeness (QED) is 0.682. The molecule has 0 saturated heterocycles.